The van der Waals surface area contributed by atoms with Gasteiger partial charge in [0, 0.05) is 20.0 Å². The summed E-state index contributed by atoms with van der Waals surface area (Å²) < 4.78 is 0. The number of nitrogens with one attached hydrogen (secondary N) is 1. The molecule has 0 aliphatic heterocycles. The molecular weight excluding hydrogens is 266 g/mol. The van der Waals surface area contributed by atoms with Crippen molar-refractivity contribution in [2.75, 3.05) is 13.6 Å². The number of benzene rings is 1. The fourth-order valence-corrected chi connectivity index (χ4v) is 1.88. The van der Waals surface area contributed by atoms with Crippen LogP contribution in [0.1, 0.15) is 21.7 Å². The maximum absolute atomic E-state index is 12.3. The summed E-state index contributed by atoms with van der Waals surface area (Å²) in [6.07, 6.45) is 0.544. The SMILES string of the molecule is Cc1cccc(C(=O)N(C)CCc2nn[nH]n2)c1Cl. The first-order chi connectivity index (χ1) is 9.09. The van der Waals surface area contributed by atoms with Crippen molar-refractivity contribution in [3.05, 3.63) is 40.2 Å². The number of rotatable bonds is 4. The van der Waals surface area contributed by atoms with Gasteiger partial charge in [-0.3, -0.25) is 4.79 Å². The predicted octanol–water partition coefficient (Wildman–Crippen LogP) is 1.48. The maximum atomic E-state index is 12.3. The highest BCUT2D eigenvalue weighted by molar-refractivity contribution is 6.34. The van der Waals surface area contributed by atoms with Crippen molar-refractivity contribution >= 4 is 17.5 Å². The number of carbonyl (C=O) groups is 1. The van der Waals surface area contributed by atoms with Gasteiger partial charge in [-0.1, -0.05) is 28.9 Å². The molecule has 1 N–H and O–H groups in total. The first-order valence-electron chi connectivity index (χ1n) is 5.82. The number of nitrogens with zero attached hydrogens (tertiary/aromatic N) is 4. The Labute approximate surface area is 115 Å². The number of carbonyl (C=O) groups excluding carboxylic acids is 1. The van der Waals surface area contributed by atoms with E-state index in [-0.39, 0.29) is 5.91 Å². The van der Waals surface area contributed by atoms with Crippen LogP contribution in [0.2, 0.25) is 5.02 Å². The smallest absolute Gasteiger partial charge is 0.255 e. The number of amides is 1. The molecule has 0 radical (unpaired) electrons. The van der Waals surface area contributed by atoms with Crippen LogP contribution in [0.4, 0.5) is 0 Å². The summed E-state index contributed by atoms with van der Waals surface area (Å²) in [6.45, 7) is 2.38. The van der Waals surface area contributed by atoms with E-state index in [0.717, 1.165) is 5.56 Å². The summed E-state index contributed by atoms with van der Waals surface area (Å²) in [5, 5.41) is 14.0. The van der Waals surface area contributed by atoms with Crippen LogP contribution < -0.4 is 0 Å². The second-order valence-electron chi connectivity index (χ2n) is 4.24. The third-order valence-electron chi connectivity index (χ3n) is 2.83. The Balaban J connectivity index is 2.04. The number of halogens is 1. The van der Waals surface area contributed by atoms with Crippen molar-refractivity contribution in [3.63, 3.8) is 0 Å². The van der Waals surface area contributed by atoms with Crippen molar-refractivity contribution < 1.29 is 4.79 Å². The van der Waals surface area contributed by atoms with Gasteiger partial charge in [-0.2, -0.15) is 5.21 Å². The molecule has 0 bridgehead atoms. The zero-order chi connectivity index (χ0) is 13.8. The molecule has 2 rings (SSSR count). The van der Waals surface area contributed by atoms with Gasteiger partial charge in [0.1, 0.15) is 0 Å². The van der Waals surface area contributed by atoms with Crippen LogP contribution in [0, 0.1) is 6.92 Å². The molecule has 0 unspecified atom stereocenters. The predicted molar refractivity (Wildman–Crippen MR) is 71.0 cm³/mol. The molecule has 7 heteroatoms. The first-order valence-corrected chi connectivity index (χ1v) is 6.20. The van der Waals surface area contributed by atoms with E-state index in [1.54, 1.807) is 18.0 Å². The summed E-state index contributed by atoms with van der Waals surface area (Å²) in [6, 6.07) is 5.42. The fourth-order valence-electron chi connectivity index (χ4n) is 1.68. The molecule has 0 aliphatic carbocycles. The lowest BCUT2D eigenvalue weighted by molar-refractivity contribution is 0.0796. The molecule has 2 aromatic rings. The molecule has 1 amide bonds. The molecule has 1 aromatic carbocycles. The minimum Gasteiger partial charge on any atom is -0.341 e. The Bertz CT molecular complexity index is 570. The molecule has 1 aromatic heterocycles. The highest BCUT2D eigenvalue weighted by Crippen LogP contribution is 2.21. The maximum Gasteiger partial charge on any atom is 0.255 e. The average Bonchev–Trinajstić information content (AvgIpc) is 2.91. The minimum absolute atomic E-state index is 0.114. The Morgan fingerprint density at radius 1 is 1.47 bits per heavy atom. The standard InChI is InChI=1S/C12H14ClN5O/c1-8-4-3-5-9(11(8)13)12(19)18(2)7-6-10-14-16-17-15-10/h3-5H,6-7H2,1-2H3,(H,14,15,16,17). The van der Waals surface area contributed by atoms with Crippen LogP contribution in [0.15, 0.2) is 18.2 Å². The monoisotopic (exact) mass is 279 g/mol. The minimum atomic E-state index is -0.114. The van der Waals surface area contributed by atoms with Gasteiger partial charge in [0.2, 0.25) is 0 Å². The van der Waals surface area contributed by atoms with Crippen LogP contribution in [-0.2, 0) is 6.42 Å². The van der Waals surface area contributed by atoms with Gasteiger partial charge in [-0.15, -0.1) is 10.2 Å². The third kappa shape index (κ3) is 3.08. The number of H-pyrrole nitrogens is 1. The summed E-state index contributed by atoms with van der Waals surface area (Å²) >= 11 is 6.14. The number of likely N-dealkylation sites (N-methyl/N-ethyl adjacent to an activating group) is 1. The van der Waals surface area contributed by atoms with Crippen molar-refractivity contribution in [1.29, 1.82) is 0 Å². The lowest BCUT2D eigenvalue weighted by Crippen LogP contribution is -2.29. The zero-order valence-electron chi connectivity index (χ0n) is 10.7. The van der Waals surface area contributed by atoms with Crippen molar-refractivity contribution in [3.8, 4) is 0 Å². The molecule has 0 atom stereocenters. The van der Waals surface area contributed by atoms with Crippen LogP contribution in [0.3, 0.4) is 0 Å². The van der Waals surface area contributed by atoms with Gasteiger partial charge in [-0.25, -0.2) is 0 Å². The molecule has 0 saturated heterocycles. The molecule has 0 spiro atoms. The largest absolute Gasteiger partial charge is 0.341 e. The molecule has 0 saturated carbocycles. The van der Waals surface area contributed by atoms with Gasteiger partial charge < -0.3 is 4.90 Å². The van der Waals surface area contributed by atoms with Crippen molar-refractivity contribution in [2.45, 2.75) is 13.3 Å². The zero-order valence-corrected chi connectivity index (χ0v) is 11.5. The Kier molecular flexibility index (Phi) is 4.11. The van der Waals surface area contributed by atoms with E-state index >= 15 is 0 Å². The van der Waals surface area contributed by atoms with Gasteiger partial charge in [-0.05, 0) is 18.6 Å². The van der Waals surface area contributed by atoms with E-state index in [2.05, 4.69) is 20.6 Å². The fraction of sp³-hybridized carbons (Fsp3) is 0.333. The number of aryl methyl sites for hydroxylation is 1. The Hall–Kier alpha value is -1.95. The van der Waals surface area contributed by atoms with E-state index in [1.807, 2.05) is 19.1 Å². The van der Waals surface area contributed by atoms with E-state index in [4.69, 9.17) is 11.6 Å². The quantitative estimate of drug-likeness (QED) is 0.920. The Morgan fingerprint density at radius 2 is 2.26 bits per heavy atom. The van der Waals surface area contributed by atoms with Crippen LogP contribution in [0.25, 0.3) is 0 Å². The van der Waals surface area contributed by atoms with Crippen LogP contribution >= 0.6 is 11.6 Å². The van der Waals surface area contributed by atoms with E-state index in [0.29, 0.717) is 29.4 Å². The van der Waals surface area contributed by atoms with Crippen LogP contribution in [0.5, 0.6) is 0 Å². The molecule has 0 fully saturated rings. The molecular formula is C12H14ClN5O. The van der Waals surface area contributed by atoms with Crippen LogP contribution in [-0.4, -0.2) is 45.0 Å². The molecule has 100 valence electrons. The van der Waals surface area contributed by atoms with Gasteiger partial charge in [0.15, 0.2) is 5.82 Å². The number of aromatic nitrogens is 4. The number of tetrazole rings is 1. The van der Waals surface area contributed by atoms with Crippen molar-refractivity contribution in [1.82, 2.24) is 25.5 Å². The van der Waals surface area contributed by atoms with Gasteiger partial charge >= 0.3 is 0 Å². The summed E-state index contributed by atoms with van der Waals surface area (Å²) in [7, 11) is 1.72. The van der Waals surface area contributed by atoms with Gasteiger partial charge in [0.25, 0.3) is 5.91 Å². The molecule has 0 aliphatic rings. The molecule has 19 heavy (non-hydrogen) atoms. The summed E-state index contributed by atoms with van der Waals surface area (Å²) in [4.78, 5) is 13.8. The van der Waals surface area contributed by atoms with E-state index < -0.39 is 0 Å². The van der Waals surface area contributed by atoms with Crippen molar-refractivity contribution in [2.24, 2.45) is 0 Å². The van der Waals surface area contributed by atoms with Gasteiger partial charge in [0.05, 0.1) is 10.6 Å². The highest BCUT2D eigenvalue weighted by atomic mass is 35.5. The highest BCUT2D eigenvalue weighted by Gasteiger charge is 2.16. The second kappa shape index (κ2) is 5.79. The third-order valence-corrected chi connectivity index (χ3v) is 3.33. The average molecular weight is 280 g/mol. The first kappa shape index (κ1) is 13.5. The Morgan fingerprint density at radius 3 is 2.95 bits per heavy atom. The summed E-state index contributed by atoms with van der Waals surface area (Å²) in [5.74, 6) is 0.465. The topological polar surface area (TPSA) is 74.8 Å². The van der Waals surface area contributed by atoms with E-state index in [1.165, 1.54) is 0 Å². The summed E-state index contributed by atoms with van der Waals surface area (Å²) in [5.41, 5.74) is 1.40. The number of hydrogen-bond donors (Lipinski definition) is 1. The second-order valence-corrected chi connectivity index (χ2v) is 4.62. The van der Waals surface area contributed by atoms with E-state index in [9.17, 15) is 4.79 Å². The normalized spacial score (nSPS) is 10.5. The lowest BCUT2D eigenvalue weighted by Gasteiger charge is -2.17. The number of aromatic amines is 1. The lowest BCUT2D eigenvalue weighted by atomic mass is 10.1. The molecule has 6 nitrogen and oxygen atoms in total. The number of hydrogen-bond acceptors (Lipinski definition) is 4. The molecule has 1 heterocycles.